The SMILES string of the molecule is C=CCOCC(O)CN(Cc1ccc(F)cc1)Cc1ccc(F)cc1F. The molecule has 26 heavy (non-hydrogen) atoms. The summed E-state index contributed by atoms with van der Waals surface area (Å²) in [7, 11) is 0. The van der Waals surface area contributed by atoms with E-state index in [1.54, 1.807) is 23.1 Å². The van der Waals surface area contributed by atoms with Crippen molar-refractivity contribution in [2.24, 2.45) is 0 Å². The van der Waals surface area contributed by atoms with Gasteiger partial charge in [0.15, 0.2) is 0 Å². The molecule has 0 spiro atoms. The number of halogens is 3. The third-order valence-electron chi connectivity index (χ3n) is 3.74. The Morgan fingerprint density at radius 1 is 1.04 bits per heavy atom. The van der Waals surface area contributed by atoms with Crippen LogP contribution in [0.25, 0.3) is 0 Å². The highest BCUT2D eigenvalue weighted by Crippen LogP contribution is 2.15. The van der Waals surface area contributed by atoms with Gasteiger partial charge in [-0.05, 0) is 23.8 Å². The number of aliphatic hydroxyl groups excluding tert-OH is 1. The van der Waals surface area contributed by atoms with E-state index < -0.39 is 17.7 Å². The molecule has 3 nitrogen and oxygen atoms in total. The molecule has 0 aliphatic rings. The van der Waals surface area contributed by atoms with Gasteiger partial charge in [-0.3, -0.25) is 4.90 Å². The number of benzene rings is 2. The molecule has 6 heteroatoms. The zero-order chi connectivity index (χ0) is 18.9. The van der Waals surface area contributed by atoms with Crippen LogP contribution in [0.5, 0.6) is 0 Å². The Kier molecular flexibility index (Phi) is 7.84. The molecule has 0 radical (unpaired) electrons. The number of hydrogen-bond donors (Lipinski definition) is 1. The molecule has 0 saturated heterocycles. The van der Waals surface area contributed by atoms with Crippen molar-refractivity contribution in [2.75, 3.05) is 19.8 Å². The first-order chi connectivity index (χ1) is 12.5. The molecule has 0 amide bonds. The summed E-state index contributed by atoms with van der Waals surface area (Å²) in [5, 5.41) is 10.1. The van der Waals surface area contributed by atoms with E-state index in [0.717, 1.165) is 11.6 Å². The second-order valence-corrected chi connectivity index (χ2v) is 6.01. The maximum Gasteiger partial charge on any atom is 0.130 e. The lowest BCUT2D eigenvalue weighted by atomic mass is 10.1. The van der Waals surface area contributed by atoms with Crippen molar-refractivity contribution in [3.05, 3.63) is 83.7 Å². The molecule has 1 N–H and O–H groups in total. The molecule has 2 rings (SSSR count). The zero-order valence-electron chi connectivity index (χ0n) is 14.4. The Morgan fingerprint density at radius 2 is 1.73 bits per heavy atom. The normalized spacial score (nSPS) is 12.3. The smallest absolute Gasteiger partial charge is 0.130 e. The molecular formula is C20H22F3NO2. The van der Waals surface area contributed by atoms with Gasteiger partial charge in [0.25, 0.3) is 0 Å². The van der Waals surface area contributed by atoms with Gasteiger partial charge in [0.05, 0.1) is 19.3 Å². The number of aliphatic hydroxyl groups is 1. The maximum absolute atomic E-state index is 14.0. The Hall–Kier alpha value is -2.15. The van der Waals surface area contributed by atoms with Crippen molar-refractivity contribution in [3.63, 3.8) is 0 Å². The van der Waals surface area contributed by atoms with E-state index in [1.165, 1.54) is 24.3 Å². The van der Waals surface area contributed by atoms with Gasteiger partial charge in [0.2, 0.25) is 0 Å². The molecule has 1 unspecified atom stereocenters. The summed E-state index contributed by atoms with van der Waals surface area (Å²) >= 11 is 0. The van der Waals surface area contributed by atoms with Gasteiger partial charge >= 0.3 is 0 Å². The molecule has 0 aliphatic carbocycles. The van der Waals surface area contributed by atoms with Crippen LogP contribution in [0.15, 0.2) is 55.1 Å². The molecule has 0 fully saturated rings. The topological polar surface area (TPSA) is 32.7 Å². The van der Waals surface area contributed by atoms with Crippen molar-refractivity contribution in [1.82, 2.24) is 4.90 Å². The summed E-state index contributed by atoms with van der Waals surface area (Å²) in [6, 6.07) is 9.34. The Morgan fingerprint density at radius 3 is 2.38 bits per heavy atom. The molecule has 1 atom stereocenters. The van der Waals surface area contributed by atoms with Crippen LogP contribution in [0.3, 0.4) is 0 Å². The van der Waals surface area contributed by atoms with E-state index in [4.69, 9.17) is 4.74 Å². The van der Waals surface area contributed by atoms with Crippen LogP contribution in [-0.2, 0) is 17.8 Å². The predicted octanol–water partition coefficient (Wildman–Crippen LogP) is 3.67. The Balaban J connectivity index is 2.08. The molecule has 0 saturated carbocycles. The zero-order valence-corrected chi connectivity index (χ0v) is 14.4. The first-order valence-electron chi connectivity index (χ1n) is 8.25. The Bertz CT molecular complexity index is 707. The van der Waals surface area contributed by atoms with Crippen molar-refractivity contribution < 1.29 is 23.0 Å². The lowest BCUT2D eigenvalue weighted by Gasteiger charge is -2.25. The van der Waals surface area contributed by atoms with Gasteiger partial charge in [-0.2, -0.15) is 0 Å². The molecule has 0 aliphatic heterocycles. The van der Waals surface area contributed by atoms with Gasteiger partial charge in [0.1, 0.15) is 17.5 Å². The van der Waals surface area contributed by atoms with E-state index >= 15 is 0 Å². The quantitative estimate of drug-likeness (QED) is 0.515. The molecule has 140 valence electrons. The summed E-state index contributed by atoms with van der Waals surface area (Å²) in [5.74, 6) is -1.64. The first-order valence-corrected chi connectivity index (χ1v) is 8.25. The largest absolute Gasteiger partial charge is 0.389 e. The molecule has 0 aromatic heterocycles. The van der Waals surface area contributed by atoms with Crippen LogP contribution in [0.1, 0.15) is 11.1 Å². The number of rotatable bonds is 10. The van der Waals surface area contributed by atoms with E-state index in [-0.39, 0.29) is 25.5 Å². The lowest BCUT2D eigenvalue weighted by Crippen LogP contribution is -2.34. The fourth-order valence-corrected chi connectivity index (χ4v) is 2.56. The Labute approximate surface area is 151 Å². The molecule has 2 aromatic rings. The van der Waals surface area contributed by atoms with Crippen molar-refractivity contribution in [1.29, 1.82) is 0 Å². The van der Waals surface area contributed by atoms with Gasteiger partial charge in [-0.1, -0.05) is 24.3 Å². The van der Waals surface area contributed by atoms with Crippen LogP contribution in [0, 0.1) is 17.5 Å². The minimum Gasteiger partial charge on any atom is -0.389 e. The molecular weight excluding hydrogens is 343 g/mol. The third-order valence-corrected chi connectivity index (χ3v) is 3.74. The summed E-state index contributed by atoms with van der Waals surface area (Å²) in [6.07, 6.45) is 0.788. The van der Waals surface area contributed by atoms with Crippen LogP contribution in [0.2, 0.25) is 0 Å². The second-order valence-electron chi connectivity index (χ2n) is 6.01. The van der Waals surface area contributed by atoms with Gasteiger partial charge in [-0.25, -0.2) is 13.2 Å². The minimum atomic E-state index is -0.793. The van der Waals surface area contributed by atoms with Crippen LogP contribution >= 0.6 is 0 Å². The highest BCUT2D eigenvalue weighted by molar-refractivity contribution is 5.20. The van der Waals surface area contributed by atoms with E-state index in [2.05, 4.69) is 6.58 Å². The van der Waals surface area contributed by atoms with Gasteiger partial charge in [0, 0.05) is 31.3 Å². The van der Waals surface area contributed by atoms with E-state index in [1.807, 2.05) is 0 Å². The van der Waals surface area contributed by atoms with E-state index in [0.29, 0.717) is 18.7 Å². The molecule has 0 bridgehead atoms. The first kappa shape index (κ1) is 20.2. The van der Waals surface area contributed by atoms with Crippen molar-refractivity contribution in [3.8, 4) is 0 Å². The van der Waals surface area contributed by atoms with Gasteiger partial charge in [-0.15, -0.1) is 6.58 Å². The minimum absolute atomic E-state index is 0.109. The molecule has 2 aromatic carbocycles. The third kappa shape index (κ3) is 6.63. The second kappa shape index (κ2) is 10.1. The van der Waals surface area contributed by atoms with Crippen LogP contribution in [0.4, 0.5) is 13.2 Å². The van der Waals surface area contributed by atoms with Crippen LogP contribution in [-0.4, -0.2) is 35.9 Å². The fraction of sp³-hybridized carbons (Fsp3) is 0.300. The average Bonchev–Trinajstić information content (AvgIpc) is 2.59. The van der Waals surface area contributed by atoms with Gasteiger partial charge < -0.3 is 9.84 Å². The number of nitrogens with zero attached hydrogens (tertiary/aromatic N) is 1. The van der Waals surface area contributed by atoms with Crippen molar-refractivity contribution >= 4 is 0 Å². The summed E-state index contributed by atoms with van der Waals surface area (Å²) in [6.45, 7) is 4.72. The predicted molar refractivity (Wildman–Crippen MR) is 93.9 cm³/mol. The monoisotopic (exact) mass is 365 g/mol. The fourth-order valence-electron chi connectivity index (χ4n) is 2.56. The number of ether oxygens (including phenoxy) is 1. The average molecular weight is 365 g/mol. The summed E-state index contributed by atoms with van der Waals surface area (Å²) in [4.78, 5) is 1.80. The van der Waals surface area contributed by atoms with E-state index in [9.17, 15) is 18.3 Å². The number of hydrogen-bond acceptors (Lipinski definition) is 3. The molecule has 0 heterocycles. The standard InChI is InChI=1S/C20H22F3NO2/c1-2-9-26-14-19(25)13-24(11-15-3-6-17(21)7-4-15)12-16-5-8-18(22)10-20(16)23/h2-8,10,19,25H,1,9,11-14H2. The summed E-state index contributed by atoms with van der Waals surface area (Å²) in [5.41, 5.74) is 1.13. The highest BCUT2D eigenvalue weighted by Gasteiger charge is 2.15. The van der Waals surface area contributed by atoms with Crippen molar-refractivity contribution in [2.45, 2.75) is 19.2 Å². The highest BCUT2D eigenvalue weighted by atomic mass is 19.1. The summed E-state index contributed by atoms with van der Waals surface area (Å²) < 4.78 is 45.4. The maximum atomic E-state index is 14.0. The van der Waals surface area contributed by atoms with Crippen LogP contribution < -0.4 is 0 Å². The lowest BCUT2D eigenvalue weighted by molar-refractivity contribution is 0.0226.